The Kier molecular flexibility index (Phi) is 5.51. The molecule has 128 valence electrons. The monoisotopic (exact) mass is 370 g/mol. The first kappa shape index (κ1) is 17.6. The van der Waals surface area contributed by atoms with Crippen LogP contribution in [-0.2, 0) is 4.79 Å². The summed E-state index contributed by atoms with van der Waals surface area (Å²) in [5.74, 6) is 0.391. The Labute approximate surface area is 156 Å². The first-order valence-electron chi connectivity index (χ1n) is 8.13. The zero-order valence-electron chi connectivity index (χ0n) is 14.1. The average molecular weight is 371 g/mol. The third-order valence-corrected chi connectivity index (χ3v) is 4.80. The summed E-state index contributed by atoms with van der Waals surface area (Å²) in [4.78, 5) is 16.5. The van der Waals surface area contributed by atoms with Crippen LogP contribution in [0.5, 0.6) is 0 Å². The predicted molar refractivity (Wildman–Crippen MR) is 106 cm³/mol. The molecular formula is C20H19ClN2OS. The molecular weight excluding hydrogens is 352 g/mol. The van der Waals surface area contributed by atoms with E-state index in [1.54, 1.807) is 11.3 Å². The molecule has 5 heteroatoms. The van der Waals surface area contributed by atoms with Crippen molar-refractivity contribution in [2.24, 2.45) is 5.92 Å². The fraction of sp³-hybridized carbons (Fsp3) is 0.200. The normalized spacial score (nSPS) is 10.9. The summed E-state index contributed by atoms with van der Waals surface area (Å²) in [6.45, 7) is 4.06. The van der Waals surface area contributed by atoms with E-state index in [4.69, 9.17) is 16.6 Å². The van der Waals surface area contributed by atoms with Gasteiger partial charge < -0.3 is 5.32 Å². The van der Waals surface area contributed by atoms with E-state index in [2.05, 4.69) is 5.32 Å². The van der Waals surface area contributed by atoms with Gasteiger partial charge in [0.15, 0.2) is 0 Å². The number of nitrogens with one attached hydrogen (secondary N) is 1. The Morgan fingerprint density at radius 2 is 1.72 bits per heavy atom. The van der Waals surface area contributed by atoms with Crippen molar-refractivity contribution in [3.8, 4) is 21.8 Å². The Morgan fingerprint density at radius 3 is 2.36 bits per heavy atom. The van der Waals surface area contributed by atoms with Gasteiger partial charge in [-0.2, -0.15) is 0 Å². The lowest BCUT2D eigenvalue weighted by Crippen LogP contribution is -2.13. The van der Waals surface area contributed by atoms with Crippen molar-refractivity contribution < 1.29 is 4.79 Å². The second-order valence-electron chi connectivity index (χ2n) is 6.27. The lowest BCUT2D eigenvalue weighted by molar-refractivity contribution is -0.116. The molecule has 2 aromatic carbocycles. The third kappa shape index (κ3) is 4.68. The first-order valence-corrected chi connectivity index (χ1v) is 9.39. The number of aromatic nitrogens is 1. The Morgan fingerprint density at radius 1 is 1.08 bits per heavy atom. The molecule has 0 saturated carbocycles. The number of thiazole rings is 1. The molecule has 1 heterocycles. The number of carbonyl (C=O) groups excluding carboxylic acids is 1. The average Bonchev–Trinajstić information content (AvgIpc) is 3.05. The van der Waals surface area contributed by atoms with Gasteiger partial charge >= 0.3 is 0 Å². The van der Waals surface area contributed by atoms with Crippen molar-refractivity contribution in [1.82, 2.24) is 4.98 Å². The highest BCUT2D eigenvalue weighted by atomic mass is 35.5. The summed E-state index contributed by atoms with van der Waals surface area (Å²) in [6.07, 6.45) is 0.526. The van der Waals surface area contributed by atoms with Gasteiger partial charge in [0.1, 0.15) is 5.01 Å². The molecule has 25 heavy (non-hydrogen) atoms. The summed E-state index contributed by atoms with van der Waals surface area (Å²) in [5, 5.41) is 6.63. The Bertz CT molecular complexity index is 854. The van der Waals surface area contributed by atoms with Crippen LogP contribution in [0.15, 0.2) is 53.9 Å². The van der Waals surface area contributed by atoms with Crippen molar-refractivity contribution in [3.63, 3.8) is 0 Å². The number of benzene rings is 2. The minimum Gasteiger partial charge on any atom is -0.326 e. The van der Waals surface area contributed by atoms with Crippen molar-refractivity contribution >= 4 is 34.5 Å². The molecule has 1 aromatic heterocycles. The van der Waals surface area contributed by atoms with Crippen LogP contribution in [0.25, 0.3) is 21.8 Å². The van der Waals surface area contributed by atoms with Crippen LogP contribution >= 0.6 is 22.9 Å². The standard InChI is InChI=1S/C20H19ClN2OS/c1-13(2)11-19(24)22-17-9-5-14(6-10-17)18-12-25-20(23-18)15-3-7-16(21)8-4-15/h3-10,12-13H,11H2,1-2H3,(H,22,24). The fourth-order valence-electron chi connectivity index (χ4n) is 2.44. The van der Waals surface area contributed by atoms with E-state index < -0.39 is 0 Å². The van der Waals surface area contributed by atoms with Gasteiger partial charge in [0.05, 0.1) is 5.69 Å². The van der Waals surface area contributed by atoms with Crippen LogP contribution in [0.3, 0.4) is 0 Å². The Hall–Kier alpha value is -2.17. The summed E-state index contributed by atoms with van der Waals surface area (Å²) >= 11 is 7.53. The number of hydrogen-bond acceptors (Lipinski definition) is 3. The zero-order valence-corrected chi connectivity index (χ0v) is 15.7. The second-order valence-corrected chi connectivity index (χ2v) is 7.56. The second kappa shape index (κ2) is 7.81. The number of nitrogens with zero attached hydrogens (tertiary/aromatic N) is 1. The molecule has 0 bridgehead atoms. The van der Waals surface area contributed by atoms with Crippen molar-refractivity contribution in [3.05, 3.63) is 58.9 Å². The predicted octanol–water partition coefficient (Wildman–Crippen LogP) is 6.12. The molecule has 3 aromatic rings. The molecule has 0 aliphatic carbocycles. The first-order chi connectivity index (χ1) is 12.0. The topological polar surface area (TPSA) is 42.0 Å². The summed E-state index contributed by atoms with van der Waals surface area (Å²) in [6, 6.07) is 15.5. The number of anilines is 1. The number of hydrogen-bond donors (Lipinski definition) is 1. The minimum atomic E-state index is 0.0430. The van der Waals surface area contributed by atoms with Crippen LogP contribution in [0.2, 0.25) is 5.02 Å². The lowest BCUT2D eigenvalue weighted by atomic mass is 10.1. The van der Waals surface area contributed by atoms with Crippen molar-refractivity contribution in [1.29, 1.82) is 0 Å². The molecule has 3 nitrogen and oxygen atoms in total. The number of halogens is 1. The maximum absolute atomic E-state index is 11.8. The molecule has 0 radical (unpaired) electrons. The Balaban J connectivity index is 1.72. The van der Waals surface area contributed by atoms with Crippen LogP contribution in [0, 0.1) is 5.92 Å². The van der Waals surface area contributed by atoms with Gasteiger partial charge in [0, 0.05) is 33.6 Å². The quantitative estimate of drug-likeness (QED) is 0.588. The van der Waals surface area contributed by atoms with E-state index >= 15 is 0 Å². The largest absolute Gasteiger partial charge is 0.326 e. The van der Waals surface area contributed by atoms with Gasteiger partial charge in [0.2, 0.25) is 5.91 Å². The van der Waals surface area contributed by atoms with Gasteiger partial charge in [-0.1, -0.05) is 49.7 Å². The molecule has 0 atom stereocenters. The molecule has 0 fully saturated rings. The third-order valence-electron chi connectivity index (χ3n) is 3.65. The SMILES string of the molecule is CC(C)CC(=O)Nc1ccc(-c2csc(-c3ccc(Cl)cc3)n2)cc1. The molecule has 3 rings (SSSR count). The van der Waals surface area contributed by atoms with Gasteiger partial charge in [-0.05, 0) is 30.2 Å². The highest BCUT2D eigenvalue weighted by molar-refractivity contribution is 7.13. The van der Waals surface area contributed by atoms with E-state index in [9.17, 15) is 4.79 Å². The molecule has 0 unspecified atom stereocenters. The smallest absolute Gasteiger partial charge is 0.224 e. The molecule has 0 aliphatic heterocycles. The summed E-state index contributed by atoms with van der Waals surface area (Å²) in [7, 11) is 0. The van der Waals surface area contributed by atoms with Crippen molar-refractivity contribution in [2.75, 3.05) is 5.32 Å². The summed E-state index contributed by atoms with van der Waals surface area (Å²) < 4.78 is 0. The van der Waals surface area contributed by atoms with Crippen molar-refractivity contribution in [2.45, 2.75) is 20.3 Å². The number of amides is 1. The molecule has 1 amide bonds. The van der Waals surface area contributed by atoms with Gasteiger partial charge in [-0.25, -0.2) is 4.98 Å². The maximum Gasteiger partial charge on any atom is 0.224 e. The number of rotatable bonds is 5. The fourth-order valence-corrected chi connectivity index (χ4v) is 3.40. The zero-order chi connectivity index (χ0) is 17.8. The molecule has 0 aliphatic rings. The van der Waals surface area contributed by atoms with Crippen LogP contribution < -0.4 is 5.32 Å². The number of carbonyl (C=O) groups is 1. The minimum absolute atomic E-state index is 0.0430. The van der Waals surface area contributed by atoms with E-state index in [1.165, 1.54) is 0 Å². The van der Waals surface area contributed by atoms with Gasteiger partial charge in [-0.15, -0.1) is 11.3 Å². The lowest BCUT2D eigenvalue weighted by Gasteiger charge is -2.07. The molecule has 0 spiro atoms. The van der Waals surface area contributed by atoms with E-state index in [1.807, 2.05) is 67.8 Å². The highest BCUT2D eigenvalue weighted by Crippen LogP contribution is 2.30. The van der Waals surface area contributed by atoms with Gasteiger partial charge in [-0.3, -0.25) is 4.79 Å². The van der Waals surface area contributed by atoms with Crippen LogP contribution in [0.4, 0.5) is 5.69 Å². The molecule has 0 saturated heterocycles. The summed E-state index contributed by atoms with van der Waals surface area (Å²) in [5.41, 5.74) is 3.81. The van der Waals surface area contributed by atoms with E-state index in [0.29, 0.717) is 12.3 Å². The van der Waals surface area contributed by atoms with Gasteiger partial charge in [0.25, 0.3) is 0 Å². The van der Waals surface area contributed by atoms with Crippen LogP contribution in [0.1, 0.15) is 20.3 Å². The van der Waals surface area contributed by atoms with E-state index in [-0.39, 0.29) is 5.91 Å². The molecule has 1 N–H and O–H groups in total. The van der Waals surface area contributed by atoms with E-state index in [0.717, 1.165) is 32.5 Å². The highest BCUT2D eigenvalue weighted by Gasteiger charge is 2.08. The maximum atomic E-state index is 11.8. The van der Waals surface area contributed by atoms with Crippen LogP contribution in [-0.4, -0.2) is 10.9 Å².